The summed E-state index contributed by atoms with van der Waals surface area (Å²) in [5.74, 6) is 0. The summed E-state index contributed by atoms with van der Waals surface area (Å²) in [5.41, 5.74) is 1.93. The van der Waals surface area contributed by atoms with E-state index in [9.17, 15) is 0 Å². The van der Waals surface area contributed by atoms with Crippen molar-refractivity contribution in [2.75, 3.05) is 6.54 Å². The van der Waals surface area contributed by atoms with Crippen LogP contribution in [0.25, 0.3) is 5.70 Å². The Morgan fingerprint density at radius 1 is 1.46 bits per heavy atom. The second kappa shape index (κ2) is 5.00. The Morgan fingerprint density at radius 2 is 2.15 bits per heavy atom. The molecule has 0 aliphatic heterocycles. The molecule has 0 fully saturated rings. The Kier molecular flexibility index (Phi) is 3.59. The van der Waals surface area contributed by atoms with Crippen molar-refractivity contribution < 1.29 is 0 Å². The van der Waals surface area contributed by atoms with Crippen LogP contribution >= 0.6 is 0 Å². The third kappa shape index (κ3) is 2.64. The van der Waals surface area contributed by atoms with Gasteiger partial charge in [0.15, 0.2) is 0 Å². The summed E-state index contributed by atoms with van der Waals surface area (Å²) in [5, 5.41) is 11.7. The number of nitrogens with zero attached hydrogens (tertiary/aromatic N) is 1. The van der Waals surface area contributed by atoms with E-state index >= 15 is 0 Å². The lowest BCUT2D eigenvalue weighted by molar-refractivity contribution is 0.940. The zero-order valence-corrected chi connectivity index (χ0v) is 7.62. The Bertz CT molecular complexity index is 320. The lowest BCUT2D eigenvalue weighted by atomic mass is 10.1. The van der Waals surface area contributed by atoms with Crippen LogP contribution in [0.5, 0.6) is 0 Å². The average Bonchev–Trinajstić information content (AvgIpc) is 2.19. The number of benzene rings is 1. The van der Waals surface area contributed by atoms with E-state index in [0.717, 1.165) is 17.8 Å². The molecular weight excluding hydrogens is 160 g/mol. The lowest BCUT2D eigenvalue weighted by Crippen LogP contribution is -2.10. The van der Waals surface area contributed by atoms with Gasteiger partial charge in [0.05, 0.1) is 11.8 Å². The average molecular weight is 172 g/mol. The van der Waals surface area contributed by atoms with Gasteiger partial charge in [-0.25, -0.2) is 0 Å². The van der Waals surface area contributed by atoms with Gasteiger partial charge in [0.2, 0.25) is 0 Å². The minimum atomic E-state index is 0.822. The summed E-state index contributed by atoms with van der Waals surface area (Å²) in [6.07, 6.45) is 1.53. The van der Waals surface area contributed by atoms with Crippen molar-refractivity contribution in [2.24, 2.45) is 0 Å². The smallest absolute Gasteiger partial charge is 0.0933 e. The van der Waals surface area contributed by atoms with E-state index in [-0.39, 0.29) is 0 Å². The first-order valence-corrected chi connectivity index (χ1v) is 4.27. The van der Waals surface area contributed by atoms with Crippen LogP contribution in [0.3, 0.4) is 0 Å². The van der Waals surface area contributed by atoms with E-state index in [1.165, 1.54) is 6.08 Å². The maximum Gasteiger partial charge on any atom is 0.0933 e. The predicted octanol–water partition coefficient (Wildman–Crippen LogP) is 2.16. The van der Waals surface area contributed by atoms with Gasteiger partial charge >= 0.3 is 0 Å². The molecule has 0 heterocycles. The highest BCUT2D eigenvalue weighted by molar-refractivity contribution is 5.65. The van der Waals surface area contributed by atoms with Crippen LogP contribution in [0.1, 0.15) is 12.5 Å². The SMILES string of the molecule is CCN/C(=C\C#N)c1ccccc1. The van der Waals surface area contributed by atoms with Gasteiger partial charge in [0.25, 0.3) is 0 Å². The van der Waals surface area contributed by atoms with Crippen molar-refractivity contribution in [3.63, 3.8) is 0 Å². The van der Waals surface area contributed by atoms with Gasteiger partial charge in [-0.2, -0.15) is 5.26 Å². The Morgan fingerprint density at radius 3 is 2.69 bits per heavy atom. The second-order valence-corrected chi connectivity index (χ2v) is 2.58. The fourth-order valence-corrected chi connectivity index (χ4v) is 1.11. The van der Waals surface area contributed by atoms with E-state index in [0.29, 0.717) is 0 Å². The molecule has 0 bridgehead atoms. The van der Waals surface area contributed by atoms with Crippen LogP contribution in [0.2, 0.25) is 0 Å². The van der Waals surface area contributed by atoms with E-state index in [2.05, 4.69) is 5.32 Å². The first-order valence-electron chi connectivity index (χ1n) is 4.27. The van der Waals surface area contributed by atoms with E-state index in [4.69, 9.17) is 5.26 Å². The standard InChI is InChI=1S/C11H12N2/c1-2-13-11(8-9-12)10-6-4-3-5-7-10/h3-8,13H,2H2,1H3/b11-8-. The zero-order chi connectivity index (χ0) is 9.52. The summed E-state index contributed by atoms with van der Waals surface area (Å²) in [6, 6.07) is 11.9. The number of nitrogens with one attached hydrogen (secondary N) is 1. The molecule has 13 heavy (non-hydrogen) atoms. The normalized spacial score (nSPS) is 10.6. The number of allylic oxidation sites excluding steroid dienone is 1. The number of hydrogen-bond donors (Lipinski definition) is 1. The van der Waals surface area contributed by atoms with Gasteiger partial charge in [-0.05, 0) is 12.5 Å². The van der Waals surface area contributed by atoms with Gasteiger partial charge in [-0.3, -0.25) is 0 Å². The zero-order valence-electron chi connectivity index (χ0n) is 7.62. The highest BCUT2D eigenvalue weighted by Gasteiger charge is 1.96. The molecule has 0 unspecified atom stereocenters. The van der Waals surface area contributed by atoms with E-state index in [1.807, 2.05) is 43.3 Å². The molecule has 0 aromatic heterocycles. The summed E-state index contributed by atoms with van der Waals surface area (Å²) < 4.78 is 0. The number of hydrogen-bond acceptors (Lipinski definition) is 2. The molecule has 0 aliphatic carbocycles. The van der Waals surface area contributed by atoms with Crippen LogP contribution in [0.4, 0.5) is 0 Å². The van der Waals surface area contributed by atoms with Crippen LogP contribution in [0, 0.1) is 11.3 Å². The molecule has 0 saturated carbocycles. The molecule has 0 saturated heterocycles. The van der Waals surface area contributed by atoms with Crippen LogP contribution in [0.15, 0.2) is 36.4 Å². The lowest BCUT2D eigenvalue weighted by Gasteiger charge is -2.06. The number of rotatable bonds is 3. The molecule has 0 spiro atoms. The second-order valence-electron chi connectivity index (χ2n) is 2.58. The summed E-state index contributed by atoms with van der Waals surface area (Å²) in [6.45, 7) is 2.83. The molecule has 66 valence electrons. The fourth-order valence-electron chi connectivity index (χ4n) is 1.11. The maximum absolute atomic E-state index is 8.56. The Balaban J connectivity index is 2.91. The minimum Gasteiger partial charge on any atom is -0.384 e. The van der Waals surface area contributed by atoms with Gasteiger partial charge in [-0.15, -0.1) is 0 Å². The van der Waals surface area contributed by atoms with Crippen LogP contribution in [-0.2, 0) is 0 Å². The van der Waals surface area contributed by atoms with Gasteiger partial charge in [0, 0.05) is 12.6 Å². The minimum absolute atomic E-state index is 0.822. The highest BCUT2D eigenvalue weighted by Crippen LogP contribution is 2.09. The van der Waals surface area contributed by atoms with Gasteiger partial charge < -0.3 is 5.32 Å². The van der Waals surface area contributed by atoms with Crippen LogP contribution < -0.4 is 5.32 Å². The molecule has 2 heteroatoms. The predicted molar refractivity (Wildman–Crippen MR) is 53.7 cm³/mol. The first-order chi connectivity index (χ1) is 6.38. The van der Waals surface area contributed by atoms with E-state index < -0.39 is 0 Å². The van der Waals surface area contributed by atoms with Crippen LogP contribution in [-0.4, -0.2) is 6.54 Å². The van der Waals surface area contributed by atoms with Crippen molar-refractivity contribution in [1.82, 2.24) is 5.32 Å². The third-order valence-corrected chi connectivity index (χ3v) is 1.66. The molecule has 1 aromatic carbocycles. The summed E-state index contributed by atoms with van der Waals surface area (Å²) in [7, 11) is 0. The van der Waals surface area contributed by atoms with Gasteiger partial charge in [-0.1, -0.05) is 30.3 Å². The van der Waals surface area contributed by atoms with Crippen molar-refractivity contribution in [1.29, 1.82) is 5.26 Å². The molecule has 2 nitrogen and oxygen atoms in total. The first kappa shape index (κ1) is 9.34. The Labute approximate surface area is 78.5 Å². The topological polar surface area (TPSA) is 35.8 Å². The largest absolute Gasteiger partial charge is 0.384 e. The maximum atomic E-state index is 8.56. The molecule has 0 amide bonds. The van der Waals surface area contributed by atoms with Crippen molar-refractivity contribution in [2.45, 2.75) is 6.92 Å². The number of nitriles is 1. The van der Waals surface area contributed by atoms with Crippen molar-refractivity contribution in [3.8, 4) is 6.07 Å². The van der Waals surface area contributed by atoms with E-state index in [1.54, 1.807) is 0 Å². The fraction of sp³-hybridized carbons (Fsp3) is 0.182. The summed E-state index contributed by atoms with van der Waals surface area (Å²) in [4.78, 5) is 0. The molecule has 0 radical (unpaired) electrons. The molecule has 0 aliphatic rings. The monoisotopic (exact) mass is 172 g/mol. The molecule has 1 rings (SSSR count). The molecule has 1 N–H and O–H groups in total. The quantitative estimate of drug-likeness (QED) is 0.709. The van der Waals surface area contributed by atoms with Crippen molar-refractivity contribution in [3.05, 3.63) is 42.0 Å². The third-order valence-electron chi connectivity index (χ3n) is 1.66. The molecule has 1 aromatic rings. The Hall–Kier alpha value is -1.75. The molecule has 0 atom stereocenters. The molecular formula is C11H12N2. The highest BCUT2D eigenvalue weighted by atomic mass is 14.9. The van der Waals surface area contributed by atoms with Crippen molar-refractivity contribution >= 4 is 5.70 Å². The summed E-state index contributed by atoms with van der Waals surface area (Å²) >= 11 is 0. The van der Waals surface area contributed by atoms with Gasteiger partial charge in [0.1, 0.15) is 0 Å².